The smallest absolute Gasteiger partial charge is 0.0936 e. The van der Waals surface area contributed by atoms with Gasteiger partial charge in [-0.1, -0.05) is 6.92 Å². The van der Waals surface area contributed by atoms with Gasteiger partial charge in [-0.05, 0) is 31.0 Å². The van der Waals surface area contributed by atoms with Gasteiger partial charge in [0.05, 0.1) is 24.9 Å². The Balaban J connectivity index is 2.22. The van der Waals surface area contributed by atoms with E-state index in [1.54, 1.807) is 12.4 Å². The molecule has 1 aliphatic heterocycles. The van der Waals surface area contributed by atoms with Crippen molar-refractivity contribution in [3.05, 3.63) is 30.1 Å². The molecule has 20 heavy (non-hydrogen) atoms. The lowest BCUT2D eigenvalue weighted by molar-refractivity contribution is -0.108. The quantitative estimate of drug-likeness (QED) is 0.839. The molecule has 0 spiro atoms. The minimum absolute atomic E-state index is 0.0469. The summed E-state index contributed by atoms with van der Waals surface area (Å²) >= 11 is 0. The summed E-state index contributed by atoms with van der Waals surface area (Å²) in [5, 5.41) is 9.38. The van der Waals surface area contributed by atoms with Gasteiger partial charge >= 0.3 is 0 Å². The van der Waals surface area contributed by atoms with Crippen LogP contribution < -0.4 is 5.73 Å². The van der Waals surface area contributed by atoms with Crippen molar-refractivity contribution >= 4 is 0 Å². The molecule has 0 saturated carbocycles. The Kier molecular flexibility index (Phi) is 5.48. The van der Waals surface area contributed by atoms with E-state index >= 15 is 0 Å². The van der Waals surface area contributed by atoms with Crippen molar-refractivity contribution in [3.63, 3.8) is 0 Å². The highest BCUT2D eigenvalue weighted by Gasteiger charge is 2.33. The van der Waals surface area contributed by atoms with Crippen LogP contribution in [0.15, 0.2) is 24.5 Å². The van der Waals surface area contributed by atoms with E-state index in [-0.39, 0.29) is 30.9 Å². The molecule has 4 atom stereocenters. The maximum atomic E-state index is 9.38. The molecule has 0 bridgehead atoms. The van der Waals surface area contributed by atoms with E-state index in [1.165, 1.54) is 5.56 Å². The summed E-state index contributed by atoms with van der Waals surface area (Å²) in [7, 11) is 0. The molecular formula is C15H25N3O2. The first-order chi connectivity index (χ1) is 9.65. The van der Waals surface area contributed by atoms with Crippen LogP contribution in [0.4, 0.5) is 0 Å². The van der Waals surface area contributed by atoms with Gasteiger partial charge in [0.1, 0.15) is 0 Å². The second-order valence-electron chi connectivity index (χ2n) is 5.50. The molecule has 3 N–H and O–H groups in total. The first kappa shape index (κ1) is 15.4. The van der Waals surface area contributed by atoms with E-state index in [0.717, 1.165) is 13.0 Å². The molecule has 1 aromatic heterocycles. The van der Waals surface area contributed by atoms with Gasteiger partial charge in [0.25, 0.3) is 0 Å². The molecular weight excluding hydrogens is 254 g/mol. The van der Waals surface area contributed by atoms with Crippen molar-refractivity contribution in [1.29, 1.82) is 0 Å². The number of rotatable bonds is 5. The van der Waals surface area contributed by atoms with Gasteiger partial charge in [-0.3, -0.25) is 9.88 Å². The number of hydrogen-bond acceptors (Lipinski definition) is 5. The highest BCUT2D eigenvalue weighted by molar-refractivity contribution is 5.18. The molecule has 0 amide bonds. The molecule has 1 aromatic rings. The van der Waals surface area contributed by atoms with Crippen molar-refractivity contribution in [3.8, 4) is 0 Å². The summed E-state index contributed by atoms with van der Waals surface area (Å²) in [5.74, 6) is 0. The Labute approximate surface area is 120 Å². The van der Waals surface area contributed by atoms with Gasteiger partial charge in [-0.25, -0.2) is 0 Å². The molecule has 1 saturated heterocycles. The highest BCUT2D eigenvalue weighted by Crippen LogP contribution is 2.28. The number of aromatic nitrogens is 1. The van der Waals surface area contributed by atoms with Crippen LogP contribution >= 0.6 is 0 Å². The fourth-order valence-corrected chi connectivity index (χ4v) is 2.92. The van der Waals surface area contributed by atoms with Crippen LogP contribution in [0.2, 0.25) is 0 Å². The summed E-state index contributed by atoms with van der Waals surface area (Å²) in [6, 6.07) is 4.24. The standard InChI is InChI=1S/C15H25N3O2/c1-3-14(16)15(12-4-6-17-7-5-12)18-8-11(2)20-13(9-18)10-19/h4-7,11,13-15,19H,3,8-10,16H2,1-2H3. The zero-order chi connectivity index (χ0) is 14.5. The number of hydrogen-bond donors (Lipinski definition) is 2. The number of aliphatic hydroxyl groups is 1. The summed E-state index contributed by atoms with van der Waals surface area (Å²) in [4.78, 5) is 6.41. The lowest BCUT2D eigenvalue weighted by Gasteiger charge is -2.42. The van der Waals surface area contributed by atoms with Gasteiger partial charge in [0.15, 0.2) is 0 Å². The minimum Gasteiger partial charge on any atom is -0.394 e. The first-order valence-corrected chi connectivity index (χ1v) is 7.31. The van der Waals surface area contributed by atoms with E-state index in [1.807, 2.05) is 19.1 Å². The van der Waals surface area contributed by atoms with Crippen LogP contribution in [0.1, 0.15) is 31.9 Å². The second-order valence-corrected chi connectivity index (χ2v) is 5.50. The number of morpholine rings is 1. The van der Waals surface area contributed by atoms with Crippen LogP contribution in [-0.2, 0) is 4.74 Å². The third kappa shape index (κ3) is 3.55. The predicted octanol–water partition coefficient (Wildman–Crippen LogP) is 0.942. The van der Waals surface area contributed by atoms with Crippen LogP contribution in [0.25, 0.3) is 0 Å². The maximum absolute atomic E-state index is 9.38. The Hall–Kier alpha value is -1.01. The Bertz CT molecular complexity index is 401. The Morgan fingerprint density at radius 3 is 2.75 bits per heavy atom. The summed E-state index contributed by atoms with van der Waals surface area (Å²) in [5.41, 5.74) is 7.53. The lowest BCUT2D eigenvalue weighted by Crippen LogP contribution is -2.52. The molecule has 112 valence electrons. The molecule has 1 aliphatic rings. The molecule has 0 radical (unpaired) electrons. The van der Waals surface area contributed by atoms with Crippen molar-refractivity contribution < 1.29 is 9.84 Å². The van der Waals surface area contributed by atoms with Gasteiger partial charge in [-0.15, -0.1) is 0 Å². The Morgan fingerprint density at radius 2 is 2.15 bits per heavy atom. The van der Waals surface area contributed by atoms with Crippen molar-refractivity contribution in [1.82, 2.24) is 9.88 Å². The zero-order valence-electron chi connectivity index (χ0n) is 12.3. The number of pyridine rings is 1. The molecule has 0 aliphatic carbocycles. The molecule has 5 nitrogen and oxygen atoms in total. The maximum Gasteiger partial charge on any atom is 0.0936 e. The number of aliphatic hydroxyl groups excluding tert-OH is 1. The molecule has 4 unspecified atom stereocenters. The number of nitrogens with zero attached hydrogens (tertiary/aromatic N) is 2. The van der Waals surface area contributed by atoms with Crippen LogP contribution in [0.3, 0.4) is 0 Å². The van der Waals surface area contributed by atoms with E-state index in [2.05, 4.69) is 16.8 Å². The second kappa shape index (κ2) is 7.13. The van der Waals surface area contributed by atoms with Gasteiger partial charge in [0, 0.05) is 31.5 Å². The number of ether oxygens (including phenoxy) is 1. The van der Waals surface area contributed by atoms with E-state index in [9.17, 15) is 5.11 Å². The van der Waals surface area contributed by atoms with Crippen molar-refractivity contribution in [2.75, 3.05) is 19.7 Å². The molecule has 5 heteroatoms. The topological polar surface area (TPSA) is 71.6 Å². The van der Waals surface area contributed by atoms with Gasteiger partial charge in [0.2, 0.25) is 0 Å². The number of nitrogens with two attached hydrogens (primary N) is 1. The normalized spacial score (nSPS) is 27.2. The first-order valence-electron chi connectivity index (χ1n) is 7.31. The third-order valence-corrected chi connectivity index (χ3v) is 3.88. The van der Waals surface area contributed by atoms with Gasteiger partial charge < -0.3 is 15.6 Å². The summed E-state index contributed by atoms with van der Waals surface area (Å²) < 4.78 is 5.72. The summed E-state index contributed by atoms with van der Waals surface area (Å²) in [6.07, 6.45) is 4.49. The SMILES string of the molecule is CCC(N)C(c1ccncc1)N1CC(C)OC(CO)C1. The van der Waals surface area contributed by atoms with Crippen LogP contribution in [-0.4, -0.2) is 52.9 Å². The predicted molar refractivity (Wildman–Crippen MR) is 78.2 cm³/mol. The van der Waals surface area contributed by atoms with E-state index in [4.69, 9.17) is 10.5 Å². The van der Waals surface area contributed by atoms with Crippen molar-refractivity contribution in [2.24, 2.45) is 5.73 Å². The van der Waals surface area contributed by atoms with E-state index < -0.39 is 0 Å². The highest BCUT2D eigenvalue weighted by atomic mass is 16.5. The fraction of sp³-hybridized carbons (Fsp3) is 0.667. The van der Waals surface area contributed by atoms with E-state index in [0.29, 0.717) is 6.54 Å². The third-order valence-electron chi connectivity index (χ3n) is 3.88. The largest absolute Gasteiger partial charge is 0.394 e. The summed E-state index contributed by atoms with van der Waals surface area (Å²) in [6.45, 7) is 5.73. The Morgan fingerprint density at radius 1 is 1.45 bits per heavy atom. The monoisotopic (exact) mass is 279 g/mol. The molecule has 2 heterocycles. The molecule has 0 aromatic carbocycles. The molecule has 1 fully saturated rings. The lowest BCUT2D eigenvalue weighted by atomic mass is 9.96. The van der Waals surface area contributed by atoms with Crippen LogP contribution in [0, 0.1) is 0 Å². The average Bonchev–Trinajstić information content (AvgIpc) is 2.47. The minimum atomic E-state index is -0.132. The van der Waals surface area contributed by atoms with Crippen molar-refractivity contribution in [2.45, 2.75) is 44.6 Å². The fourth-order valence-electron chi connectivity index (χ4n) is 2.92. The molecule has 2 rings (SSSR count). The average molecular weight is 279 g/mol. The zero-order valence-corrected chi connectivity index (χ0v) is 12.3. The van der Waals surface area contributed by atoms with Gasteiger partial charge in [-0.2, -0.15) is 0 Å². The van der Waals surface area contributed by atoms with Crippen LogP contribution in [0.5, 0.6) is 0 Å².